The maximum atomic E-state index is 14.1. The smallest absolute Gasteiger partial charge is 0.318 e. The van der Waals surface area contributed by atoms with Gasteiger partial charge in [0.15, 0.2) is 17.0 Å². The van der Waals surface area contributed by atoms with E-state index in [2.05, 4.69) is 20.5 Å². The summed E-state index contributed by atoms with van der Waals surface area (Å²) in [6.45, 7) is 1.97. The Morgan fingerprint density at radius 2 is 2.00 bits per heavy atom. The first-order valence-electron chi connectivity index (χ1n) is 11.0. The van der Waals surface area contributed by atoms with Gasteiger partial charge in [0.1, 0.15) is 5.82 Å². The lowest BCUT2D eigenvalue weighted by Crippen LogP contribution is -2.15. The molecule has 0 aliphatic heterocycles. The standard InChI is InChI=1S/C24H17ClF4N6OS/c1-2-14-6-7-20(37-14)18-8-21(24(27,28)29)35-22(32-18)9-19(33-35)23(36)31-13-10-30-34(11-13)12-15-16(25)4-3-5-17(15)26/h3-11H,2,12H2,1H3,(H,31,36). The third kappa shape index (κ3) is 5.07. The molecular weight excluding hydrogens is 532 g/mol. The van der Waals surface area contributed by atoms with Crippen molar-refractivity contribution in [2.45, 2.75) is 26.1 Å². The van der Waals surface area contributed by atoms with Gasteiger partial charge in [0.2, 0.25) is 0 Å². The number of alkyl halides is 3. The van der Waals surface area contributed by atoms with Crippen LogP contribution in [0.2, 0.25) is 5.02 Å². The molecule has 7 nitrogen and oxygen atoms in total. The summed E-state index contributed by atoms with van der Waals surface area (Å²) in [4.78, 5) is 18.7. The van der Waals surface area contributed by atoms with E-state index in [0.29, 0.717) is 9.39 Å². The minimum atomic E-state index is -4.73. The zero-order chi connectivity index (χ0) is 26.3. The number of anilines is 1. The van der Waals surface area contributed by atoms with Gasteiger partial charge < -0.3 is 5.32 Å². The van der Waals surface area contributed by atoms with Gasteiger partial charge in [-0.2, -0.15) is 23.4 Å². The number of carbonyl (C=O) groups is 1. The van der Waals surface area contributed by atoms with Crippen LogP contribution in [0.3, 0.4) is 0 Å². The Hall–Kier alpha value is -3.77. The monoisotopic (exact) mass is 548 g/mol. The predicted molar refractivity (Wildman–Crippen MR) is 131 cm³/mol. The van der Waals surface area contributed by atoms with Gasteiger partial charge in [-0.3, -0.25) is 9.48 Å². The fraction of sp³-hybridized carbons (Fsp3) is 0.167. The van der Waals surface area contributed by atoms with Crippen molar-refractivity contribution in [3.05, 3.63) is 87.5 Å². The molecular formula is C24H17ClF4N6OS. The number of benzene rings is 1. The number of rotatable bonds is 6. The zero-order valence-corrected chi connectivity index (χ0v) is 20.6. The first kappa shape index (κ1) is 24.9. The Morgan fingerprint density at radius 3 is 2.70 bits per heavy atom. The van der Waals surface area contributed by atoms with Gasteiger partial charge in [0.25, 0.3) is 5.91 Å². The van der Waals surface area contributed by atoms with Crippen molar-refractivity contribution >= 4 is 40.2 Å². The average Bonchev–Trinajstić information content (AvgIpc) is 3.59. The summed E-state index contributed by atoms with van der Waals surface area (Å²) in [5.41, 5.74) is -0.822. The Labute approximate surface area is 216 Å². The highest BCUT2D eigenvalue weighted by Crippen LogP contribution is 2.34. The molecule has 0 radical (unpaired) electrons. The molecule has 1 aromatic carbocycles. The fourth-order valence-electron chi connectivity index (χ4n) is 3.67. The Balaban J connectivity index is 1.42. The summed E-state index contributed by atoms with van der Waals surface area (Å²) in [7, 11) is 0. The number of thiophene rings is 1. The Morgan fingerprint density at radius 1 is 1.19 bits per heavy atom. The summed E-state index contributed by atoms with van der Waals surface area (Å²) in [6.07, 6.45) is -1.21. The fourth-order valence-corrected chi connectivity index (χ4v) is 4.81. The maximum absolute atomic E-state index is 14.1. The van der Waals surface area contributed by atoms with Crippen molar-refractivity contribution in [1.82, 2.24) is 24.4 Å². The van der Waals surface area contributed by atoms with Gasteiger partial charge in [-0.05, 0) is 36.8 Å². The van der Waals surface area contributed by atoms with E-state index in [1.807, 2.05) is 13.0 Å². The minimum Gasteiger partial charge on any atom is -0.318 e. The van der Waals surface area contributed by atoms with Crippen LogP contribution in [-0.4, -0.2) is 30.3 Å². The van der Waals surface area contributed by atoms with Gasteiger partial charge >= 0.3 is 6.18 Å². The molecule has 5 rings (SSSR count). The number of fused-ring (bicyclic) bond motifs is 1. The van der Waals surface area contributed by atoms with Crippen molar-refractivity contribution in [3.63, 3.8) is 0 Å². The third-order valence-electron chi connectivity index (χ3n) is 5.49. The molecule has 4 heterocycles. The molecule has 37 heavy (non-hydrogen) atoms. The molecule has 1 N–H and O–H groups in total. The number of amides is 1. The Bertz CT molecular complexity index is 1600. The summed E-state index contributed by atoms with van der Waals surface area (Å²) >= 11 is 7.40. The largest absolute Gasteiger partial charge is 0.433 e. The van der Waals surface area contributed by atoms with Crippen LogP contribution in [-0.2, 0) is 19.1 Å². The molecule has 0 aliphatic carbocycles. The summed E-state index contributed by atoms with van der Waals surface area (Å²) < 4.78 is 57.6. The van der Waals surface area contributed by atoms with Crippen molar-refractivity contribution < 1.29 is 22.4 Å². The normalized spacial score (nSPS) is 11.8. The molecule has 1 amide bonds. The number of carbonyl (C=O) groups excluding carboxylic acids is 1. The molecule has 190 valence electrons. The first-order valence-corrected chi connectivity index (χ1v) is 12.2. The van der Waals surface area contributed by atoms with Gasteiger partial charge in [-0.25, -0.2) is 13.9 Å². The van der Waals surface area contributed by atoms with Crippen molar-refractivity contribution in [2.24, 2.45) is 0 Å². The van der Waals surface area contributed by atoms with Gasteiger partial charge in [0.05, 0.1) is 29.0 Å². The van der Waals surface area contributed by atoms with Crippen LogP contribution in [0.25, 0.3) is 16.2 Å². The number of hydrogen-bond donors (Lipinski definition) is 1. The molecule has 4 aromatic heterocycles. The van der Waals surface area contributed by atoms with Crippen LogP contribution >= 0.6 is 22.9 Å². The number of aryl methyl sites for hydroxylation is 1. The van der Waals surface area contributed by atoms with E-state index in [4.69, 9.17) is 11.6 Å². The molecule has 0 spiro atoms. The van der Waals surface area contributed by atoms with Crippen LogP contribution in [0.1, 0.15) is 33.5 Å². The minimum absolute atomic E-state index is 0.0137. The van der Waals surface area contributed by atoms with Crippen molar-refractivity contribution in [2.75, 3.05) is 5.32 Å². The van der Waals surface area contributed by atoms with Gasteiger partial charge in [0, 0.05) is 27.7 Å². The van der Waals surface area contributed by atoms with E-state index < -0.39 is 23.6 Å². The number of hydrogen-bond acceptors (Lipinski definition) is 5. The molecule has 0 atom stereocenters. The van der Waals surface area contributed by atoms with Crippen LogP contribution < -0.4 is 5.32 Å². The van der Waals surface area contributed by atoms with E-state index in [9.17, 15) is 22.4 Å². The van der Waals surface area contributed by atoms with E-state index in [0.717, 1.165) is 17.4 Å². The summed E-state index contributed by atoms with van der Waals surface area (Å²) in [5.74, 6) is -1.26. The molecule has 0 saturated carbocycles. The van der Waals surface area contributed by atoms with Crippen molar-refractivity contribution in [3.8, 4) is 10.6 Å². The highest BCUT2D eigenvalue weighted by atomic mass is 35.5. The highest BCUT2D eigenvalue weighted by molar-refractivity contribution is 7.15. The quantitative estimate of drug-likeness (QED) is 0.252. The predicted octanol–water partition coefficient (Wildman–Crippen LogP) is 6.33. The third-order valence-corrected chi connectivity index (χ3v) is 7.09. The summed E-state index contributed by atoms with van der Waals surface area (Å²) in [6, 6.07) is 9.97. The highest BCUT2D eigenvalue weighted by Gasteiger charge is 2.36. The lowest BCUT2D eigenvalue weighted by molar-refractivity contribution is -0.142. The molecule has 5 aromatic rings. The lowest BCUT2D eigenvalue weighted by atomic mass is 10.2. The summed E-state index contributed by atoms with van der Waals surface area (Å²) in [5, 5.41) is 10.7. The topological polar surface area (TPSA) is 77.1 Å². The second kappa shape index (κ2) is 9.60. The Kier molecular flexibility index (Phi) is 6.46. The van der Waals surface area contributed by atoms with E-state index >= 15 is 0 Å². The molecule has 0 unspecified atom stereocenters. The number of halogens is 5. The second-order valence-electron chi connectivity index (χ2n) is 8.02. The molecule has 0 saturated heterocycles. The van der Waals surface area contributed by atoms with Crippen molar-refractivity contribution in [1.29, 1.82) is 0 Å². The number of nitrogens with one attached hydrogen (secondary N) is 1. The second-order valence-corrected chi connectivity index (χ2v) is 9.60. The molecule has 0 aliphatic rings. The van der Waals surface area contributed by atoms with E-state index in [-0.39, 0.29) is 39.9 Å². The molecule has 0 fully saturated rings. The lowest BCUT2D eigenvalue weighted by Gasteiger charge is -2.10. The van der Waals surface area contributed by atoms with Crippen LogP contribution in [0.15, 0.2) is 54.9 Å². The zero-order valence-electron chi connectivity index (χ0n) is 19.1. The number of nitrogens with zero attached hydrogens (tertiary/aromatic N) is 5. The van der Waals surface area contributed by atoms with Gasteiger partial charge in [-0.15, -0.1) is 11.3 Å². The molecule has 0 bridgehead atoms. The van der Waals surface area contributed by atoms with E-state index in [1.54, 1.807) is 12.1 Å². The van der Waals surface area contributed by atoms with Gasteiger partial charge in [-0.1, -0.05) is 24.6 Å². The number of aromatic nitrogens is 5. The molecule has 13 heteroatoms. The van der Waals surface area contributed by atoms with Crippen LogP contribution in [0, 0.1) is 5.82 Å². The van der Waals surface area contributed by atoms with E-state index in [1.165, 1.54) is 46.6 Å². The first-order chi connectivity index (χ1) is 17.6. The van der Waals surface area contributed by atoms with Crippen LogP contribution in [0.4, 0.5) is 23.2 Å². The average molecular weight is 549 g/mol. The SMILES string of the molecule is CCc1ccc(-c2cc(C(F)(F)F)n3nc(C(=O)Nc4cnn(Cc5c(F)cccc5Cl)c4)cc3n2)s1. The van der Waals surface area contributed by atoms with Crippen LogP contribution in [0.5, 0.6) is 0 Å². The maximum Gasteiger partial charge on any atom is 0.433 e.